The van der Waals surface area contributed by atoms with E-state index in [4.69, 9.17) is 0 Å². The molecule has 0 aromatic heterocycles. The second kappa shape index (κ2) is 7.17. The smallest absolute Gasteiger partial charge is 0.248 e. The van der Waals surface area contributed by atoms with Crippen molar-refractivity contribution in [2.45, 2.75) is 58.5 Å². The summed E-state index contributed by atoms with van der Waals surface area (Å²) in [6, 6.07) is -0.293. The zero-order valence-electron chi connectivity index (χ0n) is 12.5. The third-order valence-corrected chi connectivity index (χ3v) is 4.78. The van der Waals surface area contributed by atoms with Gasteiger partial charge in [-0.25, -0.2) is 0 Å². The van der Waals surface area contributed by atoms with Gasteiger partial charge in [0, 0.05) is 6.54 Å². The van der Waals surface area contributed by atoms with Crippen molar-refractivity contribution in [3.8, 4) is 0 Å². The summed E-state index contributed by atoms with van der Waals surface area (Å²) in [5.74, 6) is 2.21. The lowest BCUT2D eigenvalue weighted by molar-refractivity contribution is -0.154. The van der Waals surface area contributed by atoms with Crippen LogP contribution in [0.1, 0.15) is 47.0 Å². The minimum Gasteiger partial charge on any atom is -0.340 e. The molecule has 0 spiro atoms. The maximum atomic E-state index is 12.6. The predicted molar refractivity (Wildman–Crippen MR) is 80.2 cm³/mol. The standard InChI is InChI=1S/C14H26N2O2S/c1-5-11-12(17)15-14(4,6-2)13(18)16(11)9-8-10-19-7-3/h11H,5-10H2,1-4H3,(H,15,17). The zero-order chi connectivity index (χ0) is 14.5. The number of hydrogen-bond acceptors (Lipinski definition) is 3. The van der Waals surface area contributed by atoms with Gasteiger partial charge in [-0.2, -0.15) is 11.8 Å². The van der Waals surface area contributed by atoms with Gasteiger partial charge in [0.05, 0.1) is 0 Å². The second-order valence-electron chi connectivity index (χ2n) is 5.15. The highest BCUT2D eigenvalue weighted by atomic mass is 32.2. The van der Waals surface area contributed by atoms with Gasteiger partial charge < -0.3 is 10.2 Å². The van der Waals surface area contributed by atoms with Crippen LogP contribution in [0.2, 0.25) is 0 Å². The first kappa shape index (κ1) is 16.3. The van der Waals surface area contributed by atoms with Crippen molar-refractivity contribution in [3.63, 3.8) is 0 Å². The lowest BCUT2D eigenvalue weighted by Gasteiger charge is -2.44. The number of thioether (sulfide) groups is 1. The molecule has 0 radical (unpaired) electrons. The van der Waals surface area contributed by atoms with Crippen LogP contribution in [0.5, 0.6) is 0 Å². The Hall–Kier alpha value is -0.710. The number of nitrogens with zero attached hydrogens (tertiary/aromatic N) is 1. The molecule has 4 nitrogen and oxygen atoms in total. The third kappa shape index (κ3) is 3.65. The van der Waals surface area contributed by atoms with E-state index >= 15 is 0 Å². The van der Waals surface area contributed by atoms with Gasteiger partial charge in [0.25, 0.3) is 0 Å². The average molecular weight is 286 g/mol. The van der Waals surface area contributed by atoms with Gasteiger partial charge in [-0.05, 0) is 37.7 Å². The predicted octanol–water partition coefficient (Wildman–Crippen LogP) is 2.04. The minimum atomic E-state index is -0.722. The summed E-state index contributed by atoms with van der Waals surface area (Å²) in [5.41, 5.74) is -0.722. The SMILES string of the molecule is CCSCCCN1C(=O)C(C)(CC)NC(=O)C1CC. The van der Waals surface area contributed by atoms with Gasteiger partial charge in [0.1, 0.15) is 11.6 Å². The first-order chi connectivity index (χ1) is 9.00. The largest absolute Gasteiger partial charge is 0.340 e. The van der Waals surface area contributed by atoms with Crippen molar-refractivity contribution in [3.05, 3.63) is 0 Å². The van der Waals surface area contributed by atoms with Crippen LogP contribution in [0, 0.1) is 0 Å². The maximum absolute atomic E-state index is 12.6. The molecule has 1 heterocycles. The van der Waals surface area contributed by atoms with E-state index in [1.165, 1.54) is 0 Å². The molecule has 5 heteroatoms. The Morgan fingerprint density at radius 1 is 1.32 bits per heavy atom. The van der Waals surface area contributed by atoms with Crippen LogP contribution in [0.3, 0.4) is 0 Å². The Bertz CT molecular complexity index is 335. The fraction of sp³-hybridized carbons (Fsp3) is 0.857. The molecule has 0 aliphatic carbocycles. The summed E-state index contributed by atoms with van der Waals surface area (Å²) in [6.07, 6.45) is 2.26. The molecule has 2 atom stereocenters. The zero-order valence-corrected chi connectivity index (χ0v) is 13.3. The first-order valence-corrected chi connectivity index (χ1v) is 8.36. The Morgan fingerprint density at radius 2 is 2.00 bits per heavy atom. The molecule has 1 aliphatic rings. The maximum Gasteiger partial charge on any atom is 0.248 e. The summed E-state index contributed by atoms with van der Waals surface area (Å²) < 4.78 is 0. The van der Waals surface area contributed by atoms with E-state index in [1.807, 2.05) is 32.5 Å². The highest BCUT2D eigenvalue weighted by Crippen LogP contribution is 2.23. The summed E-state index contributed by atoms with van der Waals surface area (Å²) in [7, 11) is 0. The quantitative estimate of drug-likeness (QED) is 0.729. The molecule has 0 saturated carbocycles. The molecule has 110 valence electrons. The molecule has 0 bridgehead atoms. The van der Waals surface area contributed by atoms with Gasteiger partial charge in [0.15, 0.2) is 0 Å². The molecule has 0 aromatic rings. The number of nitrogens with one attached hydrogen (secondary N) is 1. The molecule has 1 rings (SSSR count). The summed E-state index contributed by atoms with van der Waals surface area (Å²) in [4.78, 5) is 26.5. The van der Waals surface area contributed by atoms with Crippen LogP contribution < -0.4 is 5.32 Å². The van der Waals surface area contributed by atoms with Crippen LogP contribution in [0.25, 0.3) is 0 Å². The Balaban J connectivity index is 2.75. The molecule has 1 aliphatic heterocycles. The topological polar surface area (TPSA) is 49.4 Å². The molecule has 1 saturated heterocycles. The van der Waals surface area contributed by atoms with E-state index in [1.54, 1.807) is 4.90 Å². The molecular formula is C14H26N2O2S. The van der Waals surface area contributed by atoms with E-state index in [0.717, 1.165) is 17.9 Å². The Morgan fingerprint density at radius 3 is 2.53 bits per heavy atom. The fourth-order valence-corrected chi connectivity index (χ4v) is 3.01. The molecular weight excluding hydrogens is 260 g/mol. The molecule has 2 amide bonds. The second-order valence-corrected chi connectivity index (χ2v) is 6.54. The van der Waals surface area contributed by atoms with E-state index in [9.17, 15) is 9.59 Å². The van der Waals surface area contributed by atoms with Crippen LogP contribution >= 0.6 is 11.8 Å². The van der Waals surface area contributed by atoms with Gasteiger partial charge in [-0.15, -0.1) is 0 Å². The lowest BCUT2D eigenvalue weighted by Crippen LogP contribution is -2.69. The van der Waals surface area contributed by atoms with E-state index in [2.05, 4.69) is 12.2 Å². The number of amides is 2. The summed E-state index contributed by atoms with van der Waals surface area (Å²) in [6.45, 7) is 8.54. The van der Waals surface area contributed by atoms with E-state index in [-0.39, 0.29) is 17.9 Å². The fourth-order valence-electron chi connectivity index (χ4n) is 2.39. The highest BCUT2D eigenvalue weighted by Gasteiger charge is 2.45. The number of piperazine rings is 1. The molecule has 1 N–H and O–H groups in total. The van der Waals surface area contributed by atoms with Crippen LogP contribution in [0.4, 0.5) is 0 Å². The van der Waals surface area contributed by atoms with Crippen LogP contribution in [0.15, 0.2) is 0 Å². The van der Waals surface area contributed by atoms with Gasteiger partial charge in [0.2, 0.25) is 11.8 Å². The van der Waals surface area contributed by atoms with E-state index < -0.39 is 5.54 Å². The van der Waals surface area contributed by atoms with Crippen LogP contribution in [-0.4, -0.2) is 46.3 Å². The third-order valence-electron chi connectivity index (χ3n) is 3.80. The number of hydrogen-bond donors (Lipinski definition) is 1. The summed E-state index contributed by atoms with van der Waals surface area (Å²) in [5, 5.41) is 2.89. The first-order valence-electron chi connectivity index (χ1n) is 7.21. The van der Waals surface area contributed by atoms with Crippen molar-refractivity contribution in [1.29, 1.82) is 0 Å². The van der Waals surface area contributed by atoms with Crippen molar-refractivity contribution >= 4 is 23.6 Å². The molecule has 1 fully saturated rings. The highest BCUT2D eigenvalue weighted by molar-refractivity contribution is 7.99. The average Bonchev–Trinajstić information content (AvgIpc) is 2.40. The summed E-state index contributed by atoms with van der Waals surface area (Å²) >= 11 is 1.87. The molecule has 2 unspecified atom stereocenters. The van der Waals surface area contributed by atoms with Gasteiger partial charge in [-0.3, -0.25) is 9.59 Å². The minimum absolute atomic E-state index is 0.00501. The molecule has 19 heavy (non-hydrogen) atoms. The van der Waals surface area contributed by atoms with E-state index in [0.29, 0.717) is 19.4 Å². The van der Waals surface area contributed by atoms with Crippen molar-refractivity contribution in [2.75, 3.05) is 18.1 Å². The Kier molecular flexibility index (Phi) is 6.17. The molecule has 0 aromatic carbocycles. The Labute approximate surface area is 120 Å². The van der Waals surface area contributed by atoms with Gasteiger partial charge in [-0.1, -0.05) is 20.8 Å². The van der Waals surface area contributed by atoms with Crippen molar-refractivity contribution < 1.29 is 9.59 Å². The van der Waals surface area contributed by atoms with Crippen LogP contribution in [-0.2, 0) is 9.59 Å². The number of carbonyl (C=O) groups is 2. The van der Waals surface area contributed by atoms with Crippen molar-refractivity contribution in [2.24, 2.45) is 0 Å². The van der Waals surface area contributed by atoms with Gasteiger partial charge >= 0.3 is 0 Å². The lowest BCUT2D eigenvalue weighted by atomic mass is 9.91. The number of carbonyl (C=O) groups excluding carboxylic acids is 2. The normalized spacial score (nSPS) is 27.6. The van der Waals surface area contributed by atoms with Crippen molar-refractivity contribution in [1.82, 2.24) is 10.2 Å². The monoisotopic (exact) mass is 286 g/mol. The number of rotatable bonds is 7.